The third kappa shape index (κ3) is 2.11. The summed E-state index contributed by atoms with van der Waals surface area (Å²) in [6.07, 6.45) is 2.23. The van der Waals surface area contributed by atoms with E-state index in [2.05, 4.69) is 53.4 Å². The molecule has 0 fully saturated rings. The summed E-state index contributed by atoms with van der Waals surface area (Å²) < 4.78 is 3.66. The SMILES string of the molecule is CN(C)CC[n+]1cc2ccccc2s1. The van der Waals surface area contributed by atoms with Gasteiger partial charge in [0.15, 0.2) is 12.7 Å². The molecule has 0 aliphatic rings. The number of hydrogen-bond acceptors (Lipinski definition) is 2. The summed E-state index contributed by atoms with van der Waals surface area (Å²) in [5, 5.41) is 1.34. The fraction of sp³-hybridized carbons (Fsp3) is 0.364. The smallest absolute Gasteiger partial charge is 0.192 e. The molecule has 74 valence electrons. The van der Waals surface area contributed by atoms with Crippen molar-refractivity contribution < 1.29 is 3.96 Å². The molecule has 0 aliphatic carbocycles. The van der Waals surface area contributed by atoms with Crippen molar-refractivity contribution in [2.45, 2.75) is 6.54 Å². The van der Waals surface area contributed by atoms with Crippen molar-refractivity contribution in [3.8, 4) is 0 Å². The van der Waals surface area contributed by atoms with Gasteiger partial charge in [0.1, 0.15) is 16.2 Å². The summed E-state index contributed by atoms with van der Waals surface area (Å²) in [6, 6.07) is 8.52. The lowest BCUT2D eigenvalue weighted by atomic mass is 10.3. The molecule has 1 aromatic heterocycles. The highest BCUT2D eigenvalue weighted by Gasteiger charge is 2.08. The molecule has 2 nitrogen and oxygen atoms in total. The van der Waals surface area contributed by atoms with Crippen molar-refractivity contribution in [3.63, 3.8) is 0 Å². The molecule has 0 saturated heterocycles. The number of hydrogen-bond donors (Lipinski definition) is 0. The monoisotopic (exact) mass is 207 g/mol. The van der Waals surface area contributed by atoms with Gasteiger partial charge >= 0.3 is 0 Å². The summed E-state index contributed by atoms with van der Waals surface area (Å²) >= 11 is 1.83. The lowest BCUT2D eigenvalue weighted by Crippen LogP contribution is -2.34. The van der Waals surface area contributed by atoms with Gasteiger partial charge < -0.3 is 4.90 Å². The lowest BCUT2D eigenvalue weighted by molar-refractivity contribution is -0.627. The standard InChI is InChI=1S/C11H15N2S/c1-12(2)7-8-13-9-10-5-3-4-6-11(10)14-13/h3-6,9H,7-8H2,1-2H3/q+1. The Morgan fingerprint density at radius 2 is 2.07 bits per heavy atom. The van der Waals surface area contributed by atoms with Gasteiger partial charge in [-0.15, -0.1) is 3.96 Å². The predicted octanol–water partition coefficient (Wildman–Crippen LogP) is 1.75. The van der Waals surface area contributed by atoms with Crippen LogP contribution in [0.3, 0.4) is 0 Å². The van der Waals surface area contributed by atoms with Crippen LogP contribution in [-0.4, -0.2) is 25.5 Å². The van der Waals surface area contributed by atoms with Crippen molar-refractivity contribution >= 4 is 21.6 Å². The van der Waals surface area contributed by atoms with Crippen molar-refractivity contribution in [1.82, 2.24) is 4.90 Å². The number of rotatable bonds is 3. The van der Waals surface area contributed by atoms with Crippen LogP contribution in [0.15, 0.2) is 30.5 Å². The Bertz CT molecular complexity index is 387. The van der Waals surface area contributed by atoms with Crippen LogP contribution in [0.2, 0.25) is 0 Å². The molecule has 2 aromatic rings. The second kappa shape index (κ2) is 4.07. The molecule has 2 rings (SSSR count). The zero-order valence-corrected chi connectivity index (χ0v) is 9.42. The first kappa shape index (κ1) is 9.62. The molecule has 0 N–H and O–H groups in total. The molecule has 3 heteroatoms. The molecule has 0 saturated carbocycles. The van der Waals surface area contributed by atoms with E-state index >= 15 is 0 Å². The fourth-order valence-corrected chi connectivity index (χ4v) is 2.34. The lowest BCUT2D eigenvalue weighted by Gasteiger charge is -2.03. The topological polar surface area (TPSA) is 7.12 Å². The molecular weight excluding hydrogens is 192 g/mol. The molecule has 0 spiro atoms. The van der Waals surface area contributed by atoms with Gasteiger partial charge in [0.25, 0.3) is 0 Å². The maximum Gasteiger partial charge on any atom is 0.192 e. The van der Waals surface area contributed by atoms with E-state index in [1.54, 1.807) is 0 Å². The second-order valence-electron chi connectivity index (χ2n) is 3.70. The highest BCUT2D eigenvalue weighted by Crippen LogP contribution is 2.15. The molecule has 0 atom stereocenters. The number of fused-ring (bicyclic) bond motifs is 1. The van der Waals surface area contributed by atoms with E-state index in [0.29, 0.717) is 0 Å². The molecule has 0 amide bonds. The molecule has 0 radical (unpaired) electrons. The minimum Gasteiger partial charge on any atom is -0.303 e. The van der Waals surface area contributed by atoms with E-state index in [1.807, 2.05) is 11.5 Å². The second-order valence-corrected chi connectivity index (χ2v) is 4.79. The van der Waals surface area contributed by atoms with Crippen LogP contribution in [0.1, 0.15) is 0 Å². The van der Waals surface area contributed by atoms with Crippen molar-refractivity contribution in [2.24, 2.45) is 0 Å². The first-order chi connectivity index (χ1) is 6.75. The summed E-state index contributed by atoms with van der Waals surface area (Å²) in [5.74, 6) is 0. The van der Waals surface area contributed by atoms with Crippen molar-refractivity contribution in [3.05, 3.63) is 30.5 Å². The average Bonchev–Trinajstić information content (AvgIpc) is 2.57. The predicted molar refractivity (Wildman–Crippen MR) is 60.6 cm³/mol. The Hall–Kier alpha value is -0.930. The normalized spacial score (nSPS) is 11.4. The van der Waals surface area contributed by atoms with Crippen LogP contribution in [0, 0.1) is 0 Å². The van der Waals surface area contributed by atoms with E-state index in [0.717, 1.165) is 13.1 Å². The van der Waals surface area contributed by atoms with Gasteiger partial charge in [0, 0.05) is 0 Å². The maximum atomic E-state index is 2.30. The van der Waals surface area contributed by atoms with E-state index in [-0.39, 0.29) is 0 Å². The fourth-order valence-electron chi connectivity index (χ4n) is 1.39. The molecule has 1 aromatic carbocycles. The van der Waals surface area contributed by atoms with Crippen LogP contribution >= 0.6 is 11.5 Å². The molecule has 1 heterocycles. The largest absolute Gasteiger partial charge is 0.303 e. The Labute approximate surface area is 88.5 Å². The maximum absolute atomic E-state index is 2.30. The van der Waals surface area contributed by atoms with Gasteiger partial charge in [-0.05, 0) is 26.2 Å². The Balaban J connectivity index is 2.19. The van der Waals surface area contributed by atoms with Crippen molar-refractivity contribution in [1.29, 1.82) is 0 Å². The Morgan fingerprint density at radius 1 is 1.29 bits per heavy atom. The first-order valence-corrected chi connectivity index (χ1v) is 5.56. The van der Waals surface area contributed by atoms with Crippen LogP contribution in [0.25, 0.3) is 10.1 Å². The summed E-state index contributed by atoms with van der Waals surface area (Å²) in [6.45, 7) is 2.17. The van der Waals surface area contributed by atoms with Crippen molar-refractivity contribution in [2.75, 3.05) is 20.6 Å². The highest BCUT2D eigenvalue weighted by molar-refractivity contribution is 7.09. The third-order valence-electron chi connectivity index (χ3n) is 2.19. The minimum absolute atomic E-state index is 1.08. The minimum atomic E-state index is 1.08. The number of likely N-dealkylation sites (N-methyl/N-ethyl adjacent to an activating group) is 1. The third-order valence-corrected chi connectivity index (χ3v) is 3.28. The first-order valence-electron chi connectivity index (χ1n) is 4.79. The number of aromatic nitrogens is 1. The van der Waals surface area contributed by atoms with Crippen LogP contribution in [0.5, 0.6) is 0 Å². The van der Waals surface area contributed by atoms with Gasteiger partial charge in [-0.2, -0.15) is 0 Å². The Morgan fingerprint density at radius 3 is 2.79 bits per heavy atom. The van der Waals surface area contributed by atoms with Crippen LogP contribution in [0.4, 0.5) is 0 Å². The van der Waals surface area contributed by atoms with Gasteiger partial charge in [-0.1, -0.05) is 12.1 Å². The molecule has 0 unspecified atom stereocenters. The quantitative estimate of drug-likeness (QED) is 0.696. The molecule has 0 bridgehead atoms. The van der Waals surface area contributed by atoms with E-state index in [9.17, 15) is 0 Å². The van der Waals surface area contributed by atoms with Crippen LogP contribution in [-0.2, 0) is 6.54 Å². The van der Waals surface area contributed by atoms with E-state index in [4.69, 9.17) is 0 Å². The molecular formula is C11H15N2S+. The highest BCUT2D eigenvalue weighted by atomic mass is 32.1. The van der Waals surface area contributed by atoms with Gasteiger partial charge in [-0.3, -0.25) is 0 Å². The summed E-state index contributed by atoms with van der Waals surface area (Å²) in [7, 11) is 4.21. The molecule has 0 aliphatic heterocycles. The van der Waals surface area contributed by atoms with Crippen LogP contribution < -0.4 is 3.96 Å². The Kier molecular flexibility index (Phi) is 2.79. The van der Waals surface area contributed by atoms with Gasteiger partial charge in [-0.25, -0.2) is 0 Å². The molecule has 14 heavy (non-hydrogen) atoms. The number of benzene rings is 1. The summed E-state index contributed by atoms with van der Waals surface area (Å²) in [5.41, 5.74) is 0. The van der Waals surface area contributed by atoms with Gasteiger partial charge in [0.2, 0.25) is 0 Å². The number of nitrogens with zero attached hydrogens (tertiary/aromatic N) is 2. The summed E-state index contributed by atoms with van der Waals surface area (Å²) in [4.78, 5) is 2.21. The zero-order valence-electron chi connectivity index (χ0n) is 8.60. The van der Waals surface area contributed by atoms with Gasteiger partial charge in [0.05, 0.1) is 11.9 Å². The zero-order chi connectivity index (χ0) is 9.97. The average molecular weight is 207 g/mol. The van der Waals surface area contributed by atoms with E-state index < -0.39 is 0 Å². The van der Waals surface area contributed by atoms with E-state index in [1.165, 1.54) is 10.1 Å².